The summed E-state index contributed by atoms with van der Waals surface area (Å²) < 4.78 is 5.04. The molecule has 4 aromatic carbocycles. The summed E-state index contributed by atoms with van der Waals surface area (Å²) in [6.45, 7) is 19.0. The van der Waals surface area contributed by atoms with Gasteiger partial charge in [-0.1, -0.05) is 0 Å². The van der Waals surface area contributed by atoms with E-state index >= 15 is 0 Å². The minimum atomic E-state index is -2.96. The van der Waals surface area contributed by atoms with Gasteiger partial charge in [0.2, 0.25) is 0 Å². The zero-order valence-corrected chi connectivity index (χ0v) is 30.2. The van der Waals surface area contributed by atoms with E-state index in [0.29, 0.717) is 0 Å². The second kappa shape index (κ2) is 11.0. The van der Waals surface area contributed by atoms with E-state index < -0.39 is 21.0 Å². The standard InChI is InChI=1S/C23H29.C13H10.C5H5.Hf/c1-14-9-16-11-17-10-15(2)21(23(6,7)8)13-19(17)18(16)12-20(14)22(3,4)5;1-3-7-12(8-4-1)11-13-9-5-2-6-10-13;1-2-4-5-3-1;/h9,12-13H,11H2,1-8H3;1-10H;1-3H,4H2;. The van der Waals surface area contributed by atoms with E-state index in [1.54, 1.807) is 21.0 Å². The maximum absolute atomic E-state index is 2.96. The average molecular weight is 715 g/mol. The molecule has 0 radical (unpaired) electrons. The van der Waals surface area contributed by atoms with Gasteiger partial charge in [-0.15, -0.1) is 0 Å². The van der Waals surface area contributed by atoms with Crippen LogP contribution in [0.15, 0.2) is 100 Å². The Morgan fingerprint density at radius 1 is 0.690 bits per heavy atom. The summed E-state index contributed by atoms with van der Waals surface area (Å²) >= 11 is -2.96. The van der Waals surface area contributed by atoms with Crippen LogP contribution < -0.4 is 3.32 Å². The zero-order valence-electron chi connectivity index (χ0n) is 26.7. The fourth-order valence-corrected chi connectivity index (χ4v) is 19.6. The molecule has 0 N–H and O–H groups in total. The molecule has 1 heteroatoms. The molecule has 0 spiro atoms. The number of rotatable bonds is 4. The summed E-state index contributed by atoms with van der Waals surface area (Å²) in [5, 5.41) is 0. The molecule has 0 aliphatic heterocycles. The summed E-state index contributed by atoms with van der Waals surface area (Å²) in [6, 6.07) is 30.2. The monoisotopic (exact) mass is 716 g/mol. The fourth-order valence-electron chi connectivity index (χ4n) is 7.28. The van der Waals surface area contributed by atoms with Crippen molar-refractivity contribution in [1.82, 2.24) is 0 Å². The SMILES string of the molecule is Cc1cc2c(cc1C(C)(C)C)-c1cc(C(C)(C)C)c(C)[c]([Hf]([C]3=CC=CC3)=[C](c3ccccc3)c3ccccc3)c1C2. The summed E-state index contributed by atoms with van der Waals surface area (Å²) in [4.78, 5) is 0. The van der Waals surface area contributed by atoms with E-state index in [-0.39, 0.29) is 10.8 Å². The van der Waals surface area contributed by atoms with Crippen LogP contribution in [0.3, 0.4) is 0 Å². The van der Waals surface area contributed by atoms with Crippen molar-refractivity contribution in [2.75, 3.05) is 0 Å². The van der Waals surface area contributed by atoms with Crippen molar-refractivity contribution in [3.8, 4) is 11.1 Å². The molecule has 0 nitrogen and oxygen atoms in total. The van der Waals surface area contributed by atoms with Crippen molar-refractivity contribution in [2.45, 2.75) is 79.1 Å². The Kier molecular flexibility index (Phi) is 7.63. The van der Waals surface area contributed by atoms with Crippen LogP contribution in [0.4, 0.5) is 0 Å². The molecule has 2 aliphatic carbocycles. The van der Waals surface area contributed by atoms with Crippen molar-refractivity contribution in [2.24, 2.45) is 0 Å². The van der Waals surface area contributed by atoms with Crippen LogP contribution in [0.2, 0.25) is 0 Å². The van der Waals surface area contributed by atoms with Crippen LogP contribution >= 0.6 is 0 Å². The van der Waals surface area contributed by atoms with Gasteiger partial charge in [0.05, 0.1) is 0 Å². The van der Waals surface area contributed by atoms with Crippen molar-refractivity contribution in [3.05, 3.63) is 145 Å². The first-order valence-corrected chi connectivity index (χ1v) is 20.9. The van der Waals surface area contributed by atoms with Crippen LogP contribution in [0.5, 0.6) is 0 Å². The molecule has 212 valence electrons. The predicted octanol–water partition coefficient (Wildman–Crippen LogP) is 9.83. The molecule has 0 heterocycles. The number of hydrogen-bond acceptors (Lipinski definition) is 0. The quantitative estimate of drug-likeness (QED) is 0.163. The summed E-state index contributed by atoms with van der Waals surface area (Å²) in [5.74, 6) is 0. The third kappa shape index (κ3) is 5.24. The van der Waals surface area contributed by atoms with Gasteiger partial charge in [0.1, 0.15) is 0 Å². The summed E-state index contributed by atoms with van der Waals surface area (Å²) in [7, 11) is 0. The van der Waals surface area contributed by atoms with Gasteiger partial charge in [-0.3, -0.25) is 0 Å². The van der Waals surface area contributed by atoms with Crippen molar-refractivity contribution in [1.29, 1.82) is 0 Å². The first-order chi connectivity index (χ1) is 19.9. The zero-order chi connectivity index (χ0) is 29.8. The summed E-state index contributed by atoms with van der Waals surface area (Å²) in [5.41, 5.74) is 15.0. The third-order valence-corrected chi connectivity index (χ3v) is 20.9. The molecule has 0 atom stereocenters. The summed E-state index contributed by atoms with van der Waals surface area (Å²) in [6.07, 6.45) is 9.30. The van der Waals surface area contributed by atoms with Crippen LogP contribution in [0.1, 0.15) is 92.5 Å². The molecular weight excluding hydrogens is 671 g/mol. The Bertz CT molecular complexity index is 1720. The van der Waals surface area contributed by atoms with Gasteiger partial charge in [0.15, 0.2) is 0 Å². The number of hydrogen-bond donors (Lipinski definition) is 0. The third-order valence-electron chi connectivity index (χ3n) is 9.14. The second-order valence-corrected chi connectivity index (χ2v) is 22.9. The van der Waals surface area contributed by atoms with E-state index in [1.807, 2.05) is 0 Å². The fraction of sp³-hybridized carbons (Fsp3) is 0.293. The predicted molar refractivity (Wildman–Crippen MR) is 179 cm³/mol. The molecule has 0 fully saturated rings. The van der Waals surface area contributed by atoms with Gasteiger partial charge in [-0.25, -0.2) is 0 Å². The molecule has 42 heavy (non-hydrogen) atoms. The van der Waals surface area contributed by atoms with E-state index in [1.165, 1.54) is 44.5 Å². The molecule has 4 aromatic rings. The van der Waals surface area contributed by atoms with Gasteiger partial charge < -0.3 is 0 Å². The number of fused-ring (bicyclic) bond motifs is 3. The van der Waals surface area contributed by atoms with Crippen LogP contribution in [-0.4, -0.2) is 3.26 Å². The Balaban J connectivity index is 1.77. The number of benzene rings is 4. The van der Waals surface area contributed by atoms with Gasteiger partial charge in [-0.05, 0) is 0 Å². The molecule has 2 aliphatic rings. The Morgan fingerprint density at radius 3 is 1.79 bits per heavy atom. The second-order valence-electron chi connectivity index (χ2n) is 14.3. The molecule has 0 aromatic heterocycles. The number of allylic oxidation sites excluding steroid dienone is 4. The Hall–Kier alpha value is -2.90. The van der Waals surface area contributed by atoms with Crippen LogP contribution in [-0.2, 0) is 38.2 Å². The molecule has 0 amide bonds. The first kappa shape index (κ1) is 29.2. The number of aryl methyl sites for hydroxylation is 1. The Labute approximate surface area is 261 Å². The average Bonchev–Trinajstić information content (AvgIpc) is 3.59. The molecule has 0 unspecified atom stereocenters. The van der Waals surface area contributed by atoms with Crippen molar-refractivity contribution < 1.29 is 21.0 Å². The van der Waals surface area contributed by atoms with E-state index in [4.69, 9.17) is 0 Å². The van der Waals surface area contributed by atoms with Gasteiger partial charge in [0.25, 0.3) is 0 Å². The minimum absolute atomic E-state index is 0.0625. The van der Waals surface area contributed by atoms with Crippen molar-refractivity contribution >= 4 is 6.58 Å². The van der Waals surface area contributed by atoms with Gasteiger partial charge in [0, 0.05) is 0 Å². The van der Waals surface area contributed by atoms with E-state index in [2.05, 4.69) is 152 Å². The van der Waals surface area contributed by atoms with Crippen LogP contribution in [0, 0.1) is 13.8 Å². The molecule has 0 saturated carbocycles. The first-order valence-electron chi connectivity index (χ1n) is 15.5. The van der Waals surface area contributed by atoms with Crippen molar-refractivity contribution in [3.63, 3.8) is 0 Å². The molecule has 6 rings (SSSR count). The van der Waals surface area contributed by atoms with E-state index in [0.717, 1.165) is 12.8 Å². The molecular formula is C41H44Hf. The Morgan fingerprint density at radius 2 is 1.26 bits per heavy atom. The maximum atomic E-state index is 2.58. The van der Waals surface area contributed by atoms with Gasteiger partial charge >= 0.3 is 263 Å². The molecule has 0 saturated heterocycles. The van der Waals surface area contributed by atoms with E-state index in [9.17, 15) is 0 Å². The normalized spacial score (nSPS) is 14.0. The topological polar surface area (TPSA) is 0 Å². The molecule has 0 bridgehead atoms. The van der Waals surface area contributed by atoms with Gasteiger partial charge in [-0.2, -0.15) is 0 Å². The van der Waals surface area contributed by atoms with Crippen LogP contribution in [0.25, 0.3) is 11.1 Å².